The fraction of sp³-hybridized carbons (Fsp3) is 0.450. The van der Waals surface area contributed by atoms with Gasteiger partial charge in [-0.3, -0.25) is 0 Å². The average Bonchev–Trinajstić information content (AvgIpc) is 2.90. The molecule has 2 N–H and O–H groups in total. The van der Waals surface area contributed by atoms with Crippen LogP contribution in [0.5, 0.6) is 0 Å². The maximum Gasteiger partial charge on any atom is 0.344 e. The maximum atomic E-state index is 12.7. The van der Waals surface area contributed by atoms with Crippen LogP contribution in [0.4, 0.5) is 5.82 Å². The summed E-state index contributed by atoms with van der Waals surface area (Å²) in [4.78, 5) is 22.3. The molecule has 6 nitrogen and oxygen atoms in total. The highest BCUT2D eigenvalue weighted by atomic mass is 16.5. The van der Waals surface area contributed by atoms with Crippen LogP contribution in [0.2, 0.25) is 0 Å². The van der Waals surface area contributed by atoms with Gasteiger partial charge in [0.15, 0.2) is 5.65 Å². The topological polar surface area (TPSA) is 83.0 Å². The van der Waals surface area contributed by atoms with Crippen LogP contribution in [0, 0.1) is 0 Å². The van der Waals surface area contributed by atoms with Crippen LogP contribution in [0.1, 0.15) is 62.4 Å². The molecule has 1 aliphatic carbocycles. The van der Waals surface area contributed by atoms with E-state index in [2.05, 4.69) is 0 Å². The molecule has 0 saturated heterocycles. The minimum Gasteiger partial charge on any atom is -0.459 e. The predicted octanol–water partition coefficient (Wildman–Crippen LogP) is 4.24. The molecule has 0 radical (unpaired) electrons. The van der Waals surface area contributed by atoms with Crippen LogP contribution in [-0.2, 0) is 4.74 Å². The molecule has 1 saturated carbocycles. The molecule has 0 spiro atoms. The summed E-state index contributed by atoms with van der Waals surface area (Å²) in [6.07, 6.45) is 5.44. The Morgan fingerprint density at radius 2 is 1.81 bits per heavy atom. The number of ether oxygens (including phenoxy) is 1. The molecule has 136 valence electrons. The molecular formula is C20H24N4O2. The van der Waals surface area contributed by atoms with Crippen LogP contribution in [-0.4, -0.2) is 26.6 Å². The number of hydrogen-bond acceptors (Lipinski definition) is 5. The Labute approximate surface area is 152 Å². The predicted molar refractivity (Wildman–Crippen MR) is 102 cm³/mol. The first-order valence-corrected chi connectivity index (χ1v) is 9.33. The van der Waals surface area contributed by atoms with E-state index >= 15 is 0 Å². The first-order valence-electron chi connectivity index (χ1n) is 9.33. The second-order valence-electron chi connectivity index (χ2n) is 7.26. The molecule has 0 aliphatic heterocycles. The molecule has 1 aromatic carbocycles. The van der Waals surface area contributed by atoms with Crippen molar-refractivity contribution < 1.29 is 9.53 Å². The van der Waals surface area contributed by atoms with Gasteiger partial charge in [-0.1, -0.05) is 31.4 Å². The molecule has 0 unspecified atom stereocenters. The summed E-state index contributed by atoms with van der Waals surface area (Å²) in [5.74, 6) is -0.00510. The van der Waals surface area contributed by atoms with E-state index in [1.807, 2.05) is 42.7 Å². The number of aromatic nitrogens is 3. The number of carbonyl (C=O) groups excluding carboxylic acids is 1. The van der Waals surface area contributed by atoms with Gasteiger partial charge >= 0.3 is 5.97 Å². The van der Waals surface area contributed by atoms with Crippen molar-refractivity contribution in [3.05, 3.63) is 29.8 Å². The van der Waals surface area contributed by atoms with E-state index in [1.54, 1.807) is 0 Å². The molecule has 4 rings (SSSR count). The van der Waals surface area contributed by atoms with Gasteiger partial charge in [0, 0.05) is 6.04 Å². The summed E-state index contributed by atoms with van der Waals surface area (Å²) in [6.45, 7) is 3.66. The lowest BCUT2D eigenvalue weighted by atomic mass is 9.95. The SMILES string of the molecule is CC(C)OC(=O)c1c(N)n(C2CCCCC2)c2nc3ccccc3nc12. The van der Waals surface area contributed by atoms with Gasteiger partial charge in [-0.15, -0.1) is 0 Å². The van der Waals surface area contributed by atoms with Gasteiger partial charge in [0.2, 0.25) is 0 Å². The smallest absolute Gasteiger partial charge is 0.344 e. The summed E-state index contributed by atoms with van der Waals surface area (Å²) >= 11 is 0. The number of nitrogens with zero attached hydrogens (tertiary/aromatic N) is 3. The van der Waals surface area contributed by atoms with E-state index in [-0.39, 0.29) is 12.1 Å². The van der Waals surface area contributed by atoms with Gasteiger partial charge < -0.3 is 15.0 Å². The maximum absolute atomic E-state index is 12.7. The van der Waals surface area contributed by atoms with E-state index in [4.69, 9.17) is 20.4 Å². The number of benzene rings is 1. The zero-order valence-electron chi connectivity index (χ0n) is 15.2. The van der Waals surface area contributed by atoms with E-state index < -0.39 is 5.97 Å². The van der Waals surface area contributed by atoms with Gasteiger partial charge in [0.1, 0.15) is 16.9 Å². The second-order valence-corrected chi connectivity index (χ2v) is 7.26. The number of hydrogen-bond donors (Lipinski definition) is 1. The lowest BCUT2D eigenvalue weighted by Gasteiger charge is -2.25. The highest BCUT2D eigenvalue weighted by Gasteiger charge is 2.29. The number of fused-ring (bicyclic) bond motifs is 2. The minimum atomic E-state index is -0.429. The minimum absolute atomic E-state index is 0.219. The fourth-order valence-corrected chi connectivity index (χ4v) is 3.87. The Morgan fingerprint density at radius 1 is 1.15 bits per heavy atom. The molecule has 0 amide bonds. The lowest BCUT2D eigenvalue weighted by molar-refractivity contribution is 0.0381. The average molecular weight is 352 g/mol. The Kier molecular flexibility index (Phi) is 4.26. The molecule has 1 fully saturated rings. The lowest BCUT2D eigenvalue weighted by Crippen LogP contribution is -2.17. The largest absolute Gasteiger partial charge is 0.459 e. The quantitative estimate of drug-likeness (QED) is 0.713. The van der Waals surface area contributed by atoms with Crippen LogP contribution in [0.25, 0.3) is 22.2 Å². The highest BCUT2D eigenvalue weighted by Crippen LogP contribution is 2.37. The number of para-hydroxylation sites is 2. The summed E-state index contributed by atoms with van der Waals surface area (Å²) < 4.78 is 7.46. The van der Waals surface area contributed by atoms with Gasteiger partial charge in [0.05, 0.1) is 17.1 Å². The van der Waals surface area contributed by atoms with Crippen molar-refractivity contribution in [3.63, 3.8) is 0 Å². The molecule has 2 heterocycles. The zero-order valence-corrected chi connectivity index (χ0v) is 15.2. The number of nitrogens with two attached hydrogens (primary N) is 1. The highest BCUT2D eigenvalue weighted by molar-refractivity contribution is 6.08. The fourth-order valence-electron chi connectivity index (χ4n) is 3.87. The van der Waals surface area contributed by atoms with Crippen molar-refractivity contribution in [3.8, 4) is 0 Å². The Hall–Kier alpha value is -2.63. The van der Waals surface area contributed by atoms with Crippen LogP contribution in [0.15, 0.2) is 24.3 Å². The molecule has 6 heteroatoms. The summed E-state index contributed by atoms with van der Waals surface area (Å²) in [6, 6.07) is 7.93. The van der Waals surface area contributed by atoms with E-state index in [0.717, 1.165) is 36.7 Å². The molecular weight excluding hydrogens is 328 g/mol. The van der Waals surface area contributed by atoms with Crippen LogP contribution < -0.4 is 5.73 Å². The van der Waals surface area contributed by atoms with E-state index in [9.17, 15) is 4.79 Å². The number of nitrogen functional groups attached to an aromatic ring is 1. The third-order valence-electron chi connectivity index (χ3n) is 5.02. The third-order valence-corrected chi connectivity index (χ3v) is 5.02. The summed E-state index contributed by atoms with van der Waals surface area (Å²) in [5, 5.41) is 0. The van der Waals surface area contributed by atoms with Gasteiger partial charge in [-0.2, -0.15) is 0 Å². The number of anilines is 1. The first kappa shape index (κ1) is 16.8. The standard InChI is InChI=1S/C20H24N4O2/c1-12(2)26-20(25)16-17-19(23-15-11-7-6-10-14(15)22-17)24(18(16)21)13-8-4-3-5-9-13/h6-7,10-13H,3-5,8-9,21H2,1-2H3. The Balaban J connectivity index is 1.98. The van der Waals surface area contributed by atoms with Crippen molar-refractivity contribution in [2.45, 2.75) is 58.1 Å². The molecule has 0 bridgehead atoms. The summed E-state index contributed by atoms with van der Waals surface area (Å²) in [7, 11) is 0. The molecule has 3 aromatic rings. The van der Waals surface area contributed by atoms with Crippen molar-refractivity contribution in [1.82, 2.24) is 14.5 Å². The first-order chi connectivity index (χ1) is 12.6. The van der Waals surface area contributed by atoms with Crippen LogP contribution >= 0.6 is 0 Å². The monoisotopic (exact) mass is 352 g/mol. The number of esters is 1. The van der Waals surface area contributed by atoms with Gasteiger partial charge in [-0.25, -0.2) is 14.8 Å². The third kappa shape index (κ3) is 2.79. The van der Waals surface area contributed by atoms with Gasteiger partial charge in [-0.05, 0) is 38.8 Å². The number of rotatable bonds is 3. The summed E-state index contributed by atoms with van der Waals surface area (Å²) in [5.41, 5.74) is 9.59. The molecule has 1 aliphatic rings. The van der Waals surface area contributed by atoms with E-state index in [0.29, 0.717) is 22.5 Å². The van der Waals surface area contributed by atoms with Crippen LogP contribution in [0.3, 0.4) is 0 Å². The zero-order chi connectivity index (χ0) is 18.3. The van der Waals surface area contributed by atoms with Crippen molar-refractivity contribution in [2.24, 2.45) is 0 Å². The van der Waals surface area contributed by atoms with E-state index in [1.165, 1.54) is 6.42 Å². The van der Waals surface area contributed by atoms with Crippen molar-refractivity contribution in [2.75, 3.05) is 5.73 Å². The number of carbonyl (C=O) groups is 1. The Bertz CT molecular complexity index is 971. The van der Waals surface area contributed by atoms with Gasteiger partial charge in [0.25, 0.3) is 0 Å². The molecule has 26 heavy (non-hydrogen) atoms. The van der Waals surface area contributed by atoms with Crippen molar-refractivity contribution in [1.29, 1.82) is 0 Å². The van der Waals surface area contributed by atoms with Crippen molar-refractivity contribution >= 4 is 34.0 Å². The Morgan fingerprint density at radius 3 is 2.46 bits per heavy atom. The molecule has 0 atom stereocenters. The normalized spacial score (nSPS) is 15.8. The second kappa shape index (κ2) is 6.59. The molecule has 2 aromatic heterocycles.